The number of carbonyl (C=O) groups is 1. The van der Waals surface area contributed by atoms with Crippen LogP contribution in [-0.2, 0) is 23.2 Å². The molecule has 2 aromatic carbocycles. The highest BCUT2D eigenvalue weighted by molar-refractivity contribution is 5.92. The fraction of sp³-hybridized carbons (Fsp3) is 0.426. The van der Waals surface area contributed by atoms with Crippen molar-refractivity contribution >= 4 is 40.6 Å². The molecule has 9 nitrogen and oxygen atoms in total. The van der Waals surface area contributed by atoms with Gasteiger partial charge in [-0.3, -0.25) is 14.4 Å². The maximum atomic E-state index is 15.4. The van der Waals surface area contributed by atoms with E-state index in [2.05, 4.69) is 24.4 Å². The van der Waals surface area contributed by atoms with Crippen molar-refractivity contribution < 1.29 is 13.6 Å². The second-order valence-electron chi connectivity index (χ2n) is 16.9. The molecule has 6 aromatic rings. The zero-order chi connectivity index (χ0) is 40.1. The second-order valence-corrected chi connectivity index (χ2v) is 16.9. The predicted molar refractivity (Wildman–Crippen MR) is 231 cm³/mol. The zero-order valence-electron chi connectivity index (χ0n) is 33.8. The lowest BCUT2D eigenvalue weighted by molar-refractivity contribution is -0.124. The highest BCUT2D eigenvalue weighted by Gasteiger charge is 2.50. The molecule has 0 unspecified atom stereocenters. The van der Waals surface area contributed by atoms with Crippen LogP contribution in [0.3, 0.4) is 0 Å². The molecule has 0 atom stereocenters. The highest BCUT2D eigenvalue weighted by Crippen LogP contribution is 2.51. The first-order valence-corrected chi connectivity index (χ1v) is 21.1. The van der Waals surface area contributed by atoms with Gasteiger partial charge in [-0.2, -0.15) is 0 Å². The Morgan fingerprint density at radius 1 is 0.712 bits per heavy atom. The molecule has 2 saturated carbocycles. The van der Waals surface area contributed by atoms with Crippen LogP contribution in [0.2, 0.25) is 0 Å². The number of nitrogens with one attached hydrogen (secondary N) is 3. The first-order valence-electron chi connectivity index (χ1n) is 21.1. The van der Waals surface area contributed by atoms with Gasteiger partial charge in [-0.1, -0.05) is 62.8 Å². The number of hydrogen-bond donors (Lipinski definition) is 3. The van der Waals surface area contributed by atoms with Crippen molar-refractivity contribution in [3.63, 3.8) is 0 Å². The number of fused-ring (bicyclic) bond motifs is 2. The van der Waals surface area contributed by atoms with Crippen LogP contribution in [-0.4, -0.2) is 50.0 Å². The van der Waals surface area contributed by atoms with E-state index in [9.17, 15) is 14.4 Å². The molecule has 12 heteroatoms. The van der Waals surface area contributed by atoms with Gasteiger partial charge < -0.3 is 29.3 Å². The third-order valence-electron chi connectivity index (χ3n) is 13.7. The molecule has 3 fully saturated rings. The summed E-state index contributed by atoms with van der Waals surface area (Å²) >= 11 is 0. The standard InChI is InChI=1S/C47H52F2N6O3.ClH/c1-29-31(11-9-17-37(29)48)21-41-45(35-25-51-43(57)23-39(35)54(41)33-13-5-3-6-14-33)47(27-50-19-20-53(47)28-56)46-36-26-52-44(58)24-40(36)55(34-15-7-4-8-16-34)42(46)22-32-12-10-18-38(49)30(32)2;/h9-12,17-18,23-26,28,33-34,50H,3-8,13-16,19-22,27H2,1-2H3,(H,51,57)(H,52,58);1H. The average Bonchev–Trinajstić information content (AvgIpc) is 3.73. The van der Waals surface area contributed by atoms with Crippen molar-refractivity contribution in [1.29, 1.82) is 0 Å². The lowest BCUT2D eigenvalue weighted by Crippen LogP contribution is -2.59. The average molecular weight is 823 g/mol. The van der Waals surface area contributed by atoms with E-state index >= 15 is 8.78 Å². The van der Waals surface area contributed by atoms with E-state index in [1.165, 1.54) is 12.1 Å². The smallest absolute Gasteiger partial charge is 0.250 e. The van der Waals surface area contributed by atoms with Gasteiger partial charge in [0.05, 0.1) is 11.0 Å². The molecular weight excluding hydrogens is 770 g/mol. The van der Waals surface area contributed by atoms with Crippen LogP contribution in [0.1, 0.15) is 121 Å². The molecule has 1 aliphatic heterocycles. The number of amides is 1. The fourth-order valence-corrected chi connectivity index (χ4v) is 10.9. The van der Waals surface area contributed by atoms with Crippen LogP contribution in [0.4, 0.5) is 8.78 Å². The summed E-state index contributed by atoms with van der Waals surface area (Å²) in [5.41, 5.74) is 6.33. The number of hydrogen-bond acceptors (Lipinski definition) is 4. The minimum absolute atomic E-state index is 0. The normalized spacial score (nSPS) is 17.7. The van der Waals surface area contributed by atoms with Crippen molar-refractivity contribution in [2.45, 2.75) is 109 Å². The highest BCUT2D eigenvalue weighted by atomic mass is 35.5. The van der Waals surface area contributed by atoms with E-state index in [-0.39, 0.29) is 47.2 Å². The predicted octanol–water partition coefficient (Wildman–Crippen LogP) is 8.79. The molecule has 0 spiro atoms. The number of benzene rings is 2. The SMILES string of the molecule is Cc1c(F)cccc1Cc1c(C2(c3c(Cc4cccc(F)c4C)n(C4CCCCC4)c4cc(=O)[nH]cc34)CNCCN2C=O)c2c[nH]c(=O)cc2n1C1CCCCC1.Cl. The lowest BCUT2D eigenvalue weighted by Gasteiger charge is -2.47. The van der Waals surface area contributed by atoms with Gasteiger partial charge in [0.2, 0.25) is 17.5 Å². The Morgan fingerprint density at radius 2 is 1.17 bits per heavy atom. The molecule has 310 valence electrons. The van der Waals surface area contributed by atoms with Gasteiger partial charge in [0.15, 0.2) is 0 Å². The second kappa shape index (κ2) is 16.6. The Morgan fingerprint density at radius 3 is 1.61 bits per heavy atom. The molecule has 1 saturated heterocycles. The molecular formula is C47H53ClF2N6O3. The van der Waals surface area contributed by atoms with E-state index in [0.717, 1.165) is 126 Å². The van der Waals surface area contributed by atoms with Gasteiger partial charge in [-0.15, -0.1) is 12.4 Å². The summed E-state index contributed by atoms with van der Waals surface area (Å²) in [5, 5.41) is 5.35. The number of pyridine rings is 2. The Hall–Kier alpha value is -5.00. The molecule has 3 aliphatic rings. The van der Waals surface area contributed by atoms with Gasteiger partial charge in [0.1, 0.15) is 17.2 Å². The minimum atomic E-state index is -1.18. The summed E-state index contributed by atoms with van der Waals surface area (Å²) in [4.78, 5) is 48.6. The number of halogens is 3. The monoisotopic (exact) mass is 822 g/mol. The summed E-state index contributed by atoms with van der Waals surface area (Å²) < 4.78 is 35.6. The molecule has 9 rings (SSSR count). The Kier molecular flexibility index (Phi) is 11.4. The summed E-state index contributed by atoms with van der Waals surface area (Å²) in [6.07, 6.45) is 15.5. The first-order chi connectivity index (χ1) is 28.2. The van der Waals surface area contributed by atoms with Gasteiger partial charge >= 0.3 is 0 Å². The van der Waals surface area contributed by atoms with E-state index in [0.29, 0.717) is 43.6 Å². The largest absolute Gasteiger partial charge is 0.341 e. The molecule has 4 aromatic heterocycles. The summed E-state index contributed by atoms with van der Waals surface area (Å²) in [5.74, 6) is -0.573. The van der Waals surface area contributed by atoms with E-state index in [1.54, 1.807) is 36.7 Å². The van der Waals surface area contributed by atoms with Crippen molar-refractivity contribution in [1.82, 2.24) is 29.3 Å². The van der Waals surface area contributed by atoms with Crippen molar-refractivity contribution in [2.24, 2.45) is 0 Å². The van der Waals surface area contributed by atoms with Gasteiger partial charge in [0, 0.05) is 102 Å². The van der Waals surface area contributed by atoms with Crippen LogP contribution in [0.5, 0.6) is 0 Å². The van der Waals surface area contributed by atoms with Crippen molar-refractivity contribution in [3.8, 4) is 0 Å². The first kappa shape index (κ1) is 40.8. The molecule has 0 bridgehead atoms. The molecule has 59 heavy (non-hydrogen) atoms. The van der Waals surface area contributed by atoms with E-state index < -0.39 is 5.54 Å². The maximum Gasteiger partial charge on any atom is 0.250 e. The number of carbonyl (C=O) groups excluding carboxylic acids is 1. The molecule has 1 amide bonds. The van der Waals surface area contributed by atoms with Crippen LogP contribution < -0.4 is 16.4 Å². The minimum Gasteiger partial charge on any atom is -0.341 e. The van der Waals surface area contributed by atoms with Crippen molar-refractivity contribution in [2.75, 3.05) is 19.6 Å². The Balaban J connectivity index is 0.00000484. The Bertz CT molecular complexity index is 2480. The number of aromatic amines is 2. The number of rotatable bonds is 9. The lowest BCUT2D eigenvalue weighted by atomic mass is 9.75. The van der Waals surface area contributed by atoms with Gasteiger partial charge in [-0.05, 0) is 73.9 Å². The van der Waals surface area contributed by atoms with Crippen LogP contribution >= 0.6 is 12.4 Å². The van der Waals surface area contributed by atoms with Crippen LogP contribution in [0.25, 0.3) is 21.8 Å². The van der Waals surface area contributed by atoms with Crippen LogP contribution in [0, 0.1) is 25.5 Å². The fourth-order valence-electron chi connectivity index (χ4n) is 10.9. The summed E-state index contributed by atoms with van der Waals surface area (Å²) in [6.45, 7) is 4.91. The number of H-pyrrole nitrogens is 2. The van der Waals surface area contributed by atoms with Crippen molar-refractivity contribution in [3.05, 3.63) is 138 Å². The summed E-state index contributed by atoms with van der Waals surface area (Å²) in [7, 11) is 0. The quantitative estimate of drug-likeness (QED) is 0.127. The van der Waals surface area contributed by atoms with Crippen LogP contribution in [0.15, 0.2) is 70.5 Å². The van der Waals surface area contributed by atoms with E-state index in [4.69, 9.17) is 0 Å². The number of aromatic nitrogens is 4. The molecule has 2 aliphatic carbocycles. The third-order valence-corrected chi connectivity index (χ3v) is 13.7. The number of piperazine rings is 1. The van der Waals surface area contributed by atoms with Gasteiger partial charge in [-0.25, -0.2) is 8.78 Å². The topological polar surface area (TPSA) is 108 Å². The maximum absolute atomic E-state index is 15.4. The Labute approximate surface area is 348 Å². The van der Waals surface area contributed by atoms with Gasteiger partial charge in [0.25, 0.3) is 0 Å². The third kappa shape index (κ3) is 6.93. The molecule has 0 radical (unpaired) electrons. The zero-order valence-corrected chi connectivity index (χ0v) is 34.7. The summed E-state index contributed by atoms with van der Waals surface area (Å²) in [6, 6.07) is 13.9. The number of nitrogens with zero attached hydrogens (tertiary/aromatic N) is 3. The molecule has 5 heterocycles. The molecule has 3 N–H and O–H groups in total. The van der Waals surface area contributed by atoms with E-state index in [1.807, 2.05) is 30.9 Å².